The predicted octanol–water partition coefficient (Wildman–Crippen LogP) is 3.57. The molecule has 1 N–H and O–H groups in total. The van der Waals surface area contributed by atoms with Crippen LogP contribution in [0.15, 0.2) is 18.2 Å². The second-order valence-electron chi connectivity index (χ2n) is 4.53. The van der Waals surface area contributed by atoms with Crippen molar-refractivity contribution in [2.75, 3.05) is 0 Å². The van der Waals surface area contributed by atoms with Gasteiger partial charge in [-0.05, 0) is 30.4 Å². The number of aliphatic hydroxyl groups is 1. The first-order chi connectivity index (χ1) is 7.68. The van der Waals surface area contributed by atoms with Gasteiger partial charge in [0, 0.05) is 6.42 Å². The lowest BCUT2D eigenvalue weighted by molar-refractivity contribution is 0.111. The van der Waals surface area contributed by atoms with Gasteiger partial charge in [0.05, 0.1) is 11.1 Å². The standard InChI is InChI=1S/C13H16ClFO/c14-13-10(6-3-7-11(13)15)8-12(16)9-4-1-2-5-9/h3,6-7,9,12,16H,1-2,4-5,8H2. The van der Waals surface area contributed by atoms with E-state index in [2.05, 4.69) is 0 Å². The summed E-state index contributed by atoms with van der Waals surface area (Å²) in [5.41, 5.74) is 0.709. The van der Waals surface area contributed by atoms with Crippen molar-refractivity contribution < 1.29 is 9.50 Å². The second kappa shape index (κ2) is 5.15. The second-order valence-corrected chi connectivity index (χ2v) is 4.91. The van der Waals surface area contributed by atoms with Gasteiger partial charge in [-0.3, -0.25) is 0 Å². The van der Waals surface area contributed by atoms with Crippen LogP contribution in [-0.2, 0) is 6.42 Å². The molecule has 1 aliphatic rings. The Morgan fingerprint density at radius 1 is 1.38 bits per heavy atom. The summed E-state index contributed by atoms with van der Waals surface area (Å²) in [4.78, 5) is 0. The highest BCUT2D eigenvalue weighted by atomic mass is 35.5. The van der Waals surface area contributed by atoms with Gasteiger partial charge in [-0.15, -0.1) is 0 Å². The van der Waals surface area contributed by atoms with Gasteiger partial charge in [0.25, 0.3) is 0 Å². The SMILES string of the molecule is OC(Cc1cccc(F)c1Cl)C1CCCC1. The molecule has 1 aromatic rings. The average Bonchev–Trinajstić information content (AvgIpc) is 2.78. The molecule has 1 aliphatic carbocycles. The van der Waals surface area contributed by atoms with Gasteiger partial charge in [-0.25, -0.2) is 4.39 Å². The van der Waals surface area contributed by atoms with Crippen molar-refractivity contribution in [2.45, 2.75) is 38.2 Å². The van der Waals surface area contributed by atoms with Crippen LogP contribution in [0.4, 0.5) is 4.39 Å². The van der Waals surface area contributed by atoms with Crippen LogP contribution in [0.1, 0.15) is 31.2 Å². The molecule has 0 spiro atoms. The molecule has 1 fully saturated rings. The Bertz CT molecular complexity index is 361. The Kier molecular flexibility index (Phi) is 3.82. The highest BCUT2D eigenvalue weighted by Gasteiger charge is 2.24. The van der Waals surface area contributed by atoms with Crippen LogP contribution in [0.5, 0.6) is 0 Å². The molecule has 1 aromatic carbocycles. The quantitative estimate of drug-likeness (QED) is 0.859. The first-order valence-corrected chi connectivity index (χ1v) is 6.17. The van der Waals surface area contributed by atoms with Crippen molar-refractivity contribution >= 4 is 11.6 Å². The zero-order valence-electron chi connectivity index (χ0n) is 9.13. The predicted molar refractivity (Wildman–Crippen MR) is 63.1 cm³/mol. The maximum Gasteiger partial charge on any atom is 0.142 e. The third-order valence-corrected chi connectivity index (χ3v) is 3.83. The largest absolute Gasteiger partial charge is 0.392 e. The fourth-order valence-corrected chi connectivity index (χ4v) is 2.64. The summed E-state index contributed by atoms with van der Waals surface area (Å²) in [6.45, 7) is 0. The van der Waals surface area contributed by atoms with Crippen molar-refractivity contribution in [1.29, 1.82) is 0 Å². The lowest BCUT2D eigenvalue weighted by Gasteiger charge is -2.18. The fraction of sp³-hybridized carbons (Fsp3) is 0.538. The summed E-state index contributed by atoms with van der Waals surface area (Å²) < 4.78 is 13.2. The van der Waals surface area contributed by atoms with E-state index in [1.807, 2.05) is 0 Å². The normalized spacial score (nSPS) is 18.9. The van der Waals surface area contributed by atoms with Gasteiger partial charge in [0.15, 0.2) is 0 Å². The molecular formula is C13H16ClFO. The van der Waals surface area contributed by atoms with Gasteiger partial charge in [-0.2, -0.15) is 0 Å². The van der Waals surface area contributed by atoms with E-state index in [-0.39, 0.29) is 11.1 Å². The molecule has 0 bridgehead atoms. The highest BCUT2D eigenvalue weighted by molar-refractivity contribution is 6.31. The van der Waals surface area contributed by atoms with Gasteiger partial charge < -0.3 is 5.11 Å². The van der Waals surface area contributed by atoms with Crippen molar-refractivity contribution in [1.82, 2.24) is 0 Å². The molecular weight excluding hydrogens is 227 g/mol. The molecule has 2 rings (SSSR count). The average molecular weight is 243 g/mol. The van der Waals surface area contributed by atoms with Crippen LogP contribution in [0.25, 0.3) is 0 Å². The van der Waals surface area contributed by atoms with E-state index in [1.165, 1.54) is 18.9 Å². The Balaban J connectivity index is 2.05. The molecule has 0 heterocycles. The molecule has 1 unspecified atom stereocenters. The molecule has 1 saturated carbocycles. The number of halogens is 2. The van der Waals surface area contributed by atoms with Crippen LogP contribution < -0.4 is 0 Å². The molecule has 3 heteroatoms. The van der Waals surface area contributed by atoms with Crippen molar-refractivity contribution in [3.05, 3.63) is 34.6 Å². The Morgan fingerprint density at radius 3 is 2.75 bits per heavy atom. The van der Waals surface area contributed by atoms with Crippen LogP contribution in [0.3, 0.4) is 0 Å². The van der Waals surface area contributed by atoms with Gasteiger partial charge in [0.2, 0.25) is 0 Å². The van der Waals surface area contributed by atoms with Gasteiger partial charge in [0.1, 0.15) is 5.82 Å². The zero-order valence-corrected chi connectivity index (χ0v) is 9.88. The maximum absolute atomic E-state index is 13.2. The van der Waals surface area contributed by atoms with Crippen LogP contribution in [-0.4, -0.2) is 11.2 Å². The number of benzene rings is 1. The maximum atomic E-state index is 13.2. The minimum Gasteiger partial charge on any atom is -0.392 e. The van der Waals surface area contributed by atoms with Crippen LogP contribution >= 0.6 is 11.6 Å². The first kappa shape index (κ1) is 11.9. The Morgan fingerprint density at radius 2 is 2.06 bits per heavy atom. The molecule has 0 amide bonds. The lowest BCUT2D eigenvalue weighted by Crippen LogP contribution is -2.20. The van der Waals surface area contributed by atoms with Crippen molar-refractivity contribution in [2.24, 2.45) is 5.92 Å². The molecule has 0 aliphatic heterocycles. The number of aliphatic hydroxyl groups excluding tert-OH is 1. The van der Waals surface area contributed by atoms with E-state index < -0.39 is 5.82 Å². The van der Waals surface area contributed by atoms with Gasteiger partial charge >= 0.3 is 0 Å². The van der Waals surface area contributed by atoms with Crippen LogP contribution in [0, 0.1) is 11.7 Å². The molecule has 0 saturated heterocycles. The Hall–Kier alpha value is -0.600. The van der Waals surface area contributed by atoms with E-state index in [9.17, 15) is 9.50 Å². The first-order valence-electron chi connectivity index (χ1n) is 5.79. The molecule has 0 aromatic heterocycles. The third-order valence-electron chi connectivity index (χ3n) is 3.40. The summed E-state index contributed by atoms with van der Waals surface area (Å²) >= 11 is 5.86. The number of hydrogen-bond donors (Lipinski definition) is 1. The van der Waals surface area contributed by atoms with E-state index >= 15 is 0 Å². The van der Waals surface area contributed by atoms with E-state index in [1.54, 1.807) is 12.1 Å². The number of rotatable bonds is 3. The monoisotopic (exact) mass is 242 g/mol. The molecule has 88 valence electrons. The smallest absolute Gasteiger partial charge is 0.142 e. The summed E-state index contributed by atoms with van der Waals surface area (Å²) in [5, 5.41) is 10.2. The van der Waals surface area contributed by atoms with E-state index in [4.69, 9.17) is 11.6 Å². The zero-order chi connectivity index (χ0) is 11.5. The molecule has 1 atom stereocenters. The Labute approximate surface area is 100 Å². The lowest BCUT2D eigenvalue weighted by atomic mass is 9.95. The summed E-state index contributed by atoms with van der Waals surface area (Å²) in [7, 11) is 0. The molecule has 1 nitrogen and oxygen atoms in total. The minimum atomic E-state index is -0.405. The van der Waals surface area contributed by atoms with E-state index in [0.29, 0.717) is 17.9 Å². The highest BCUT2D eigenvalue weighted by Crippen LogP contribution is 2.30. The topological polar surface area (TPSA) is 20.2 Å². The van der Waals surface area contributed by atoms with E-state index in [0.717, 1.165) is 12.8 Å². The summed E-state index contributed by atoms with van der Waals surface area (Å²) in [5.74, 6) is -0.0443. The summed E-state index contributed by atoms with van der Waals surface area (Å²) in [6.07, 6.45) is 4.61. The van der Waals surface area contributed by atoms with Gasteiger partial charge in [-0.1, -0.05) is 36.6 Å². The van der Waals surface area contributed by atoms with Crippen molar-refractivity contribution in [3.8, 4) is 0 Å². The molecule has 16 heavy (non-hydrogen) atoms. The minimum absolute atomic E-state index is 0.152. The number of hydrogen-bond acceptors (Lipinski definition) is 1. The summed E-state index contributed by atoms with van der Waals surface area (Å²) in [6, 6.07) is 4.76. The molecule has 0 radical (unpaired) electrons. The van der Waals surface area contributed by atoms with Crippen LogP contribution in [0.2, 0.25) is 5.02 Å². The van der Waals surface area contributed by atoms with Crippen molar-refractivity contribution in [3.63, 3.8) is 0 Å². The fourth-order valence-electron chi connectivity index (χ4n) is 2.44. The third kappa shape index (κ3) is 2.55.